The average Bonchev–Trinajstić information content (AvgIpc) is 2.98. The van der Waals surface area contributed by atoms with Crippen molar-refractivity contribution in [3.05, 3.63) is 58.6 Å². The molecule has 0 fully saturated rings. The van der Waals surface area contributed by atoms with Gasteiger partial charge in [-0.25, -0.2) is 13.2 Å². The van der Waals surface area contributed by atoms with Gasteiger partial charge in [-0.05, 0) is 24.3 Å². The van der Waals surface area contributed by atoms with Crippen molar-refractivity contribution in [2.24, 2.45) is 0 Å². The van der Waals surface area contributed by atoms with Crippen LogP contribution in [-0.2, 0) is 10.0 Å². The molecule has 0 aliphatic carbocycles. The first kappa shape index (κ1) is 19.5. The summed E-state index contributed by atoms with van der Waals surface area (Å²) >= 11 is 0. The summed E-state index contributed by atoms with van der Waals surface area (Å²) in [5.41, 5.74) is -0.206. The van der Waals surface area contributed by atoms with E-state index in [-0.39, 0.29) is 27.2 Å². The molecule has 1 heterocycles. The molecule has 1 amide bonds. The van der Waals surface area contributed by atoms with E-state index in [9.17, 15) is 31.2 Å². The number of hydrogen-bond acceptors (Lipinski definition) is 5. The normalized spacial score (nSPS) is 12.1. The number of carbonyl (C=O) groups excluding carboxylic acids is 1. The third-order valence-corrected chi connectivity index (χ3v) is 4.93. The van der Waals surface area contributed by atoms with E-state index in [2.05, 4.69) is 9.71 Å². The number of benzene rings is 2. The maximum atomic E-state index is 12.6. The summed E-state index contributed by atoms with van der Waals surface area (Å²) in [4.78, 5) is 25.3. The molecule has 2 aromatic carbocycles. The Kier molecular flexibility index (Phi) is 4.89. The smallest absolute Gasteiger partial charge is 0.408 e. The van der Waals surface area contributed by atoms with Crippen molar-refractivity contribution < 1.29 is 30.8 Å². The van der Waals surface area contributed by atoms with Crippen molar-refractivity contribution >= 4 is 32.7 Å². The van der Waals surface area contributed by atoms with Crippen LogP contribution in [-0.4, -0.2) is 32.0 Å². The van der Waals surface area contributed by atoms with E-state index in [0.29, 0.717) is 0 Å². The molecule has 28 heavy (non-hydrogen) atoms. The van der Waals surface area contributed by atoms with E-state index in [1.165, 1.54) is 36.4 Å². The maximum absolute atomic E-state index is 12.6. The molecular weight excluding hydrogens is 403 g/mol. The number of amides is 1. The minimum atomic E-state index is -4.61. The summed E-state index contributed by atoms with van der Waals surface area (Å²) in [5, 5.41) is 1.68. The molecule has 0 unspecified atom stereocenters. The predicted molar refractivity (Wildman–Crippen MR) is 92.5 cm³/mol. The number of aromatic amines is 1. The minimum Gasteiger partial charge on any atom is -0.408 e. The van der Waals surface area contributed by atoms with Gasteiger partial charge in [-0.15, -0.1) is 0 Å². The van der Waals surface area contributed by atoms with E-state index in [1.807, 2.05) is 0 Å². The molecule has 0 radical (unpaired) electrons. The summed E-state index contributed by atoms with van der Waals surface area (Å²) in [5.74, 6) is -1.85. The Labute approximate surface area is 155 Å². The number of nitrogens with one attached hydrogen (secondary N) is 3. The first-order valence-electron chi connectivity index (χ1n) is 7.65. The number of oxazole rings is 1. The zero-order valence-corrected chi connectivity index (χ0v) is 14.6. The first-order chi connectivity index (χ1) is 13.0. The number of fused-ring (bicyclic) bond motifs is 1. The van der Waals surface area contributed by atoms with Crippen LogP contribution in [0.25, 0.3) is 11.1 Å². The monoisotopic (exact) mass is 415 g/mol. The second-order valence-corrected chi connectivity index (χ2v) is 7.30. The van der Waals surface area contributed by atoms with Crippen LogP contribution in [0, 0.1) is 0 Å². The van der Waals surface area contributed by atoms with Crippen LogP contribution in [0.4, 0.5) is 18.9 Å². The number of carbonyl (C=O) groups is 1. The summed E-state index contributed by atoms with van der Waals surface area (Å²) in [6, 6.07) is 8.81. The van der Waals surface area contributed by atoms with Gasteiger partial charge in [0.2, 0.25) is 0 Å². The number of anilines is 1. The fourth-order valence-electron chi connectivity index (χ4n) is 2.34. The molecule has 3 rings (SSSR count). The third-order valence-electron chi connectivity index (χ3n) is 3.57. The highest BCUT2D eigenvalue weighted by molar-refractivity contribution is 7.92. The molecule has 148 valence electrons. The number of alkyl halides is 3. The van der Waals surface area contributed by atoms with E-state index in [1.54, 1.807) is 5.32 Å². The second kappa shape index (κ2) is 7.03. The Bertz CT molecular complexity index is 1200. The van der Waals surface area contributed by atoms with Crippen LogP contribution in [0.1, 0.15) is 10.4 Å². The molecule has 0 saturated heterocycles. The number of rotatable bonds is 5. The lowest BCUT2D eigenvalue weighted by molar-refractivity contribution is -0.123. The van der Waals surface area contributed by atoms with Crippen molar-refractivity contribution in [2.75, 3.05) is 11.3 Å². The molecule has 1 aromatic heterocycles. The van der Waals surface area contributed by atoms with Crippen LogP contribution in [0.2, 0.25) is 0 Å². The Morgan fingerprint density at radius 3 is 2.57 bits per heavy atom. The van der Waals surface area contributed by atoms with Crippen molar-refractivity contribution in [1.29, 1.82) is 0 Å². The number of hydrogen-bond donors (Lipinski definition) is 3. The number of aromatic nitrogens is 1. The zero-order valence-electron chi connectivity index (χ0n) is 13.8. The van der Waals surface area contributed by atoms with Gasteiger partial charge in [0.25, 0.3) is 15.9 Å². The highest BCUT2D eigenvalue weighted by Crippen LogP contribution is 2.23. The molecule has 0 bridgehead atoms. The maximum Gasteiger partial charge on any atom is 0.417 e. The molecule has 0 aliphatic rings. The highest BCUT2D eigenvalue weighted by Gasteiger charge is 2.28. The predicted octanol–water partition coefficient (Wildman–Crippen LogP) is 2.21. The van der Waals surface area contributed by atoms with Crippen molar-refractivity contribution in [1.82, 2.24) is 10.3 Å². The number of H-pyrrole nitrogens is 1. The Morgan fingerprint density at radius 2 is 1.86 bits per heavy atom. The highest BCUT2D eigenvalue weighted by atomic mass is 32.2. The van der Waals surface area contributed by atoms with E-state index in [0.717, 1.165) is 6.07 Å². The van der Waals surface area contributed by atoms with Crippen molar-refractivity contribution in [3.8, 4) is 0 Å². The van der Waals surface area contributed by atoms with E-state index < -0.39 is 34.4 Å². The molecule has 0 atom stereocenters. The molecule has 12 heteroatoms. The molecule has 8 nitrogen and oxygen atoms in total. The second-order valence-electron chi connectivity index (χ2n) is 5.62. The van der Waals surface area contributed by atoms with Gasteiger partial charge >= 0.3 is 11.9 Å². The first-order valence-corrected chi connectivity index (χ1v) is 9.13. The van der Waals surface area contributed by atoms with Gasteiger partial charge in [-0.3, -0.25) is 14.5 Å². The van der Waals surface area contributed by atoms with E-state index >= 15 is 0 Å². The van der Waals surface area contributed by atoms with Gasteiger partial charge < -0.3 is 9.73 Å². The summed E-state index contributed by atoms with van der Waals surface area (Å²) in [6.45, 7) is -1.56. The summed E-state index contributed by atoms with van der Waals surface area (Å²) < 4.78 is 69.0. The molecule has 3 aromatic rings. The zero-order chi connectivity index (χ0) is 20.5. The number of halogens is 3. The topological polar surface area (TPSA) is 121 Å². The van der Waals surface area contributed by atoms with Crippen LogP contribution < -0.4 is 15.8 Å². The molecular formula is C16H12F3N3O5S. The lowest BCUT2D eigenvalue weighted by Crippen LogP contribution is -2.34. The van der Waals surface area contributed by atoms with Crippen LogP contribution in [0.5, 0.6) is 0 Å². The van der Waals surface area contributed by atoms with Gasteiger partial charge in [-0.1, -0.05) is 12.1 Å². The lowest BCUT2D eigenvalue weighted by atomic mass is 10.1. The van der Waals surface area contributed by atoms with E-state index in [4.69, 9.17) is 4.42 Å². The van der Waals surface area contributed by atoms with Crippen LogP contribution in [0.3, 0.4) is 0 Å². The van der Waals surface area contributed by atoms with Crippen LogP contribution in [0.15, 0.2) is 56.6 Å². The van der Waals surface area contributed by atoms with Crippen molar-refractivity contribution in [3.63, 3.8) is 0 Å². The van der Waals surface area contributed by atoms with Gasteiger partial charge in [0, 0.05) is 6.07 Å². The fourth-order valence-corrected chi connectivity index (χ4v) is 3.44. The molecule has 3 N–H and O–H groups in total. The Hall–Kier alpha value is -3.28. The molecule has 0 saturated carbocycles. The molecule has 0 aliphatic heterocycles. The SMILES string of the molecule is O=C(NCC(F)(F)F)c1ccccc1NS(=O)(=O)c1ccc2[nH]c(=O)oc2c1. The van der Waals surface area contributed by atoms with Crippen LogP contribution >= 0.6 is 0 Å². The Balaban J connectivity index is 1.89. The third kappa shape index (κ3) is 4.34. The number of para-hydroxylation sites is 1. The minimum absolute atomic E-state index is 0.00378. The summed E-state index contributed by atoms with van der Waals surface area (Å²) in [7, 11) is -4.22. The fraction of sp³-hybridized carbons (Fsp3) is 0.125. The largest absolute Gasteiger partial charge is 0.417 e. The lowest BCUT2D eigenvalue weighted by Gasteiger charge is -2.13. The van der Waals surface area contributed by atoms with Gasteiger partial charge in [-0.2, -0.15) is 13.2 Å². The van der Waals surface area contributed by atoms with Crippen molar-refractivity contribution in [2.45, 2.75) is 11.1 Å². The quantitative estimate of drug-likeness (QED) is 0.590. The molecule has 0 spiro atoms. The van der Waals surface area contributed by atoms with Gasteiger partial charge in [0.1, 0.15) is 6.54 Å². The Morgan fingerprint density at radius 1 is 1.14 bits per heavy atom. The standard InChI is InChI=1S/C16H12F3N3O5S/c17-16(18,19)8-20-14(23)10-3-1-2-4-11(10)22-28(25,26)9-5-6-12-13(7-9)27-15(24)21-12/h1-7,22H,8H2,(H,20,23)(H,21,24). The van der Waals surface area contributed by atoms with Gasteiger partial charge in [0.15, 0.2) is 5.58 Å². The van der Waals surface area contributed by atoms with Gasteiger partial charge in [0.05, 0.1) is 21.7 Å². The average molecular weight is 415 g/mol. The summed E-state index contributed by atoms with van der Waals surface area (Å²) in [6.07, 6.45) is -4.61. The number of sulfonamides is 1.